The van der Waals surface area contributed by atoms with E-state index in [2.05, 4.69) is 0 Å². The maximum absolute atomic E-state index is 9.44. The largest absolute Gasteiger partial charge is 0.504 e. The Kier molecular flexibility index (Phi) is 5.77. The van der Waals surface area contributed by atoms with Crippen molar-refractivity contribution in [2.24, 2.45) is 0 Å². The van der Waals surface area contributed by atoms with Gasteiger partial charge in [0.15, 0.2) is 11.5 Å². The van der Waals surface area contributed by atoms with Crippen molar-refractivity contribution in [3.63, 3.8) is 0 Å². The van der Waals surface area contributed by atoms with E-state index in [0.29, 0.717) is 11.5 Å². The van der Waals surface area contributed by atoms with Crippen molar-refractivity contribution in [2.75, 3.05) is 14.2 Å². The normalized spacial score (nSPS) is 8.75. The minimum Gasteiger partial charge on any atom is -0.504 e. The number of ether oxygens (including phenoxy) is 2. The van der Waals surface area contributed by atoms with Crippen molar-refractivity contribution in [3.8, 4) is 17.2 Å². The first-order valence-corrected chi connectivity index (χ1v) is 4.53. The molecule has 0 atom stereocenters. The van der Waals surface area contributed by atoms with Gasteiger partial charge in [-0.05, 0) is 18.6 Å². The summed E-state index contributed by atoms with van der Waals surface area (Å²) in [6, 6.07) is 3.39. The van der Waals surface area contributed by atoms with Gasteiger partial charge in [-0.3, -0.25) is 4.79 Å². The lowest BCUT2D eigenvalue weighted by molar-refractivity contribution is -0.134. The predicted octanol–water partition coefficient (Wildman–Crippen LogP) is 1.81. The molecule has 0 aliphatic heterocycles. The molecule has 0 amide bonds. The molecule has 0 heterocycles. The highest BCUT2D eigenvalue weighted by Gasteiger charge is 2.06. The van der Waals surface area contributed by atoms with E-state index >= 15 is 0 Å². The van der Waals surface area contributed by atoms with Crippen LogP contribution < -0.4 is 9.47 Å². The number of phenolic OH excluding ortho intramolecular Hbond substituents is 1. The Balaban J connectivity index is 0.000000487. The molecular formula is C11H16O5. The molecule has 5 heteroatoms. The summed E-state index contributed by atoms with van der Waals surface area (Å²) in [7, 11) is 3.08. The average molecular weight is 228 g/mol. The van der Waals surface area contributed by atoms with Gasteiger partial charge < -0.3 is 19.7 Å². The van der Waals surface area contributed by atoms with Crippen LogP contribution in [0.5, 0.6) is 17.2 Å². The Morgan fingerprint density at radius 1 is 1.25 bits per heavy atom. The van der Waals surface area contributed by atoms with Gasteiger partial charge in [-0.1, -0.05) is 0 Å². The molecule has 0 fully saturated rings. The third-order valence-electron chi connectivity index (χ3n) is 1.69. The summed E-state index contributed by atoms with van der Waals surface area (Å²) in [4.78, 5) is 9.00. The summed E-state index contributed by atoms with van der Waals surface area (Å²) in [6.07, 6.45) is 0. The lowest BCUT2D eigenvalue weighted by Crippen LogP contribution is -1.89. The maximum Gasteiger partial charge on any atom is 0.300 e. The van der Waals surface area contributed by atoms with E-state index in [1.54, 1.807) is 26.2 Å². The number of hydrogen-bond donors (Lipinski definition) is 2. The van der Waals surface area contributed by atoms with Crippen LogP contribution in [0, 0.1) is 6.92 Å². The molecule has 1 aromatic carbocycles. The molecule has 90 valence electrons. The highest BCUT2D eigenvalue weighted by atomic mass is 16.5. The summed E-state index contributed by atoms with van der Waals surface area (Å²) < 4.78 is 9.94. The second-order valence-electron chi connectivity index (χ2n) is 3.01. The number of carbonyl (C=O) groups is 1. The van der Waals surface area contributed by atoms with E-state index in [-0.39, 0.29) is 5.75 Å². The Hall–Kier alpha value is -1.91. The summed E-state index contributed by atoms with van der Waals surface area (Å²) in [5.74, 6) is 0.451. The lowest BCUT2D eigenvalue weighted by Gasteiger charge is -2.08. The molecule has 1 rings (SSSR count). The zero-order valence-electron chi connectivity index (χ0n) is 9.77. The predicted molar refractivity (Wildman–Crippen MR) is 59.3 cm³/mol. The van der Waals surface area contributed by atoms with Crippen LogP contribution in [0.3, 0.4) is 0 Å². The molecule has 0 saturated carbocycles. The molecule has 0 radical (unpaired) electrons. The fraction of sp³-hybridized carbons (Fsp3) is 0.364. The van der Waals surface area contributed by atoms with Crippen molar-refractivity contribution in [3.05, 3.63) is 17.7 Å². The van der Waals surface area contributed by atoms with E-state index in [1.807, 2.05) is 0 Å². The number of carboxylic acids is 1. The molecule has 0 bridgehead atoms. The molecule has 16 heavy (non-hydrogen) atoms. The number of rotatable bonds is 2. The Morgan fingerprint density at radius 3 is 2.12 bits per heavy atom. The number of aryl methyl sites for hydroxylation is 1. The van der Waals surface area contributed by atoms with Crippen LogP contribution in [0.2, 0.25) is 0 Å². The van der Waals surface area contributed by atoms with Crippen LogP contribution in [-0.2, 0) is 4.79 Å². The zero-order chi connectivity index (χ0) is 12.7. The molecule has 2 N–H and O–H groups in total. The van der Waals surface area contributed by atoms with Crippen LogP contribution in [0.25, 0.3) is 0 Å². The number of methoxy groups -OCH3 is 2. The second kappa shape index (κ2) is 6.55. The number of carboxylic acid groups (broad SMARTS) is 1. The zero-order valence-corrected chi connectivity index (χ0v) is 9.77. The van der Waals surface area contributed by atoms with Gasteiger partial charge in [0.05, 0.1) is 14.2 Å². The van der Waals surface area contributed by atoms with Crippen molar-refractivity contribution >= 4 is 5.97 Å². The summed E-state index contributed by atoms with van der Waals surface area (Å²) >= 11 is 0. The van der Waals surface area contributed by atoms with Gasteiger partial charge in [-0.2, -0.15) is 0 Å². The molecule has 0 unspecified atom stereocenters. The number of phenols is 1. The van der Waals surface area contributed by atoms with E-state index in [0.717, 1.165) is 12.5 Å². The average Bonchev–Trinajstić information content (AvgIpc) is 2.21. The van der Waals surface area contributed by atoms with Crippen molar-refractivity contribution in [2.45, 2.75) is 13.8 Å². The van der Waals surface area contributed by atoms with Gasteiger partial charge in [0, 0.05) is 13.0 Å². The van der Waals surface area contributed by atoms with E-state index in [1.165, 1.54) is 7.11 Å². The van der Waals surface area contributed by atoms with E-state index in [4.69, 9.17) is 19.4 Å². The summed E-state index contributed by atoms with van der Waals surface area (Å²) in [5.41, 5.74) is 0.742. The lowest BCUT2D eigenvalue weighted by atomic mass is 10.2. The van der Waals surface area contributed by atoms with Gasteiger partial charge in [0.25, 0.3) is 5.97 Å². The first-order valence-electron chi connectivity index (χ1n) is 4.53. The first-order chi connectivity index (χ1) is 7.42. The fourth-order valence-corrected chi connectivity index (χ4v) is 0.989. The van der Waals surface area contributed by atoms with Gasteiger partial charge in [-0.25, -0.2) is 0 Å². The van der Waals surface area contributed by atoms with Crippen LogP contribution >= 0.6 is 0 Å². The number of benzene rings is 1. The van der Waals surface area contributed by atoms with Crippen molar-refractivity contribution in [1.82, 2.24) is 0 Å². The summed E-state index contributed by atoms with van der Waals surface area (Å²) in [5, 5.41) is 16.9. The topological polar surface area (TPSA) is 76.0 Å². The summed E-state index contributed by atoms with van der Waals surface area (Å²) in [6.45, 7) is 2.88. The van der Waals surface area contributed by atoms with Crippen LogP contribution in [0.4, 0.5) is 0 Å². The standard InChI is InChI=1S/C9H12O3.C2H4O2/c1-6-4-7(11-2)5-8(12-3)9(6)10;1-2(3)4/h4-5,10H,1-3H3;1H3,(H,3,4). The van der Waals surface area contributed by atoms with Crippen LogP contribution in [0.1, 0.15) is 12.5 Å². The molecule has 0 saturated heterocycles. The molecule has 1 aromatic rings. The van der Waals surface area contributed by atoms with Crippen LogP contribution in [0.15, 0.2) is 12.1 Å². The number of aromatic hydroxyl groups is 1. The number of hydrogen-bond acceptors (Lipinski definition) is 4. The molecule has 5 nitrogen and oxygen atoms in total. The molecule has 0 aliphatic carbocycles. The van der Waals surface area contributed by atoms with Crippen molar-refractivity contribution in [1.29, 1.82) is 0 Å². The molecule has 0 aromatic heterocycles. The van der Waals surface area contributed by atoms with Gasteiger partial charge in [0.1, 0.15) is 5.75 Å². The van der Waals surface area contributed by atoms with E-state index < -0.39 is 5.97 Å². The molecule has 0 spiro atoms. The minimum absolute atomic E-state index is 0.165. The van der Waals surface area contributed by atoms with Crippen LogP contribution in [-0.4, -0.2) is 30.4 Å². The quantitative estimate of drug-likeness (QED) is 0.807. The van der Waals surface area contributed by atoms with Crippen molar-refractivity contribution < 1.29 is 24.5 Å². The minimum atomic E-state index is -0.833. The SMILES string of the molecule is CC(=O)O.COc1cc(C)c(O)c(OC)c1. The Bertz CT molecular complexity index is 356. The highest BCUT2D eigenvalue weighted by molar-refractivity contribution is 5.62. The smallest absolute Gasteiger partial charge is 0.300 e. The maximum atomic E-state index is 9.44. The van der Waals surface area contributed by atoms with Gasteiger partial charge >= 0.3 is 0 Å². The molecular weight excluding hydrogens is 212 g/mol. The molecule has 0 aliphatic rings. The highest BCUT2D eigenvalue weighted by Crippen LogP contribution is 2.33. The third-order valence-corrected chi connectivity index (χ3v) is 1.69. The Labute approximate surface area is 94.2 Å². The Morgan fingerprint density at radius 2 is 1.75 bits per heavy atom. The monoisotopic (exact) mass is 228 g/mol. The van der Waals surface area contributed by atoms with Gasteiger partial charge in [-0.15, -0.1) is 0 Å². The first kappa shape index (κ1) is 14.1. The second-order valence-corrected chi connectivity index (χ2v) is 3.01. The fourth-order valence-electron chi connectivity index (χ4n) is 0.989. The van der Waals surface area contributed by atoms with E-state index in [9.17, 15) is 5.11 Å². The third kappa shape index (κ3) is 4.54. The number of aliphatic carboxylic acids is 1. The van der Waals surface area contributed by atoms with Gasteiger partial charge in [0.2, 0.25) is 0 Å².